The van der Waals surface area contributed by atoms with Gasteiger partial charge in [0.05, 0.1) is 22.1 Å². The SMILES string of the molecule is O=C1CSC(c2cn(-c3ccccc3)nc2-c2cccc([N+](=O)[O-])c2)N1c1nnc(-c2ccccc2)s1. The van der Waals surface area contributed by atoms with E-state index in [2.05, 4.69) is 10.2 Å². The zero-order valence-electron chi connectivity index (χ0n) is 19.2. The molecule has 37 heavy (non-hydrogen) atoms. The van der Waals surface area contributed by atoms with Crippen LogP contribution in [0.4, 0.5) is 10.8 Å². The summed E-state index contributed by atoms with van der Waals surface area (Å²) in [5.41, 5.74) is 3.66. The number of carbonyl (C=O) groups excluding carboxylic acids is 1. The van der Waals surface area contributed by atoms with E-state index < -0.39 is 10.3 Å². The number of benzene rings is 3. The maximum atomic E-state index is 13.1. The van der Waals surface area contributed by atoms with Gasteiger partial charge in [-0.25, -0.2) is 4.68 Å². The van der Waals surface area contributed by atoms with Gasteiger partial charge in [0.1, 0.15) is 10.4 Å². The smallest absolute Gasteiger partial charge is 0.270 e. The topological polar surface area (TPSA) is 107 Å². The van der Waals surface area contributed by atoms with E-state index >= 15 is 0 Å². The van der Waals surface area contributed by atoms with Crippen molar-refractivity contribution in [3.05, 3.63) is 107 Å². The van der Waals surface area contributed by atoms with Crippen LogP contribution in [-0.4, -0.2) is 36.6 Å². The number of hydrogen-bond acceptors (Lipinski definition) is 8. The number of nitrogens with zero attached hydrogens (tertiary/aromatic N) is 6. The fourth-order valence-corrected chi connectivity index (χ4v) is 6.26. The summed E-state index contributed by atoms with van der Waals surface area (Å²) in [7, 11) is 0. The standard InChI is InChI=1S/C26H18N6O3S2/c33-22-16-36-25(31(22)26-28-27-24(37-26)17-8-3-1-4-9-17)21-15-30(19-11-5-2-6-12-19)29-23(21)18-10-7-13-20(14-18)32(34)35/h1-15,25H,16H2. The number of nitro groups is 1. The van der Waals surface area contributed by atoms with E-state index in [9.17, 15) is 14.9 Å². The van der Waals surface area contributed by atoms with E-state index in [1.54, 1.807) is 21.7 Å². The minimum absolute atomic E-state index is 0.0265. The molecule has 0 radical (unpaired) electrons. The van der Waals surface area contributed by atoms with Gasteiger partial charge in [0, 0.05) is 35.0 Å². The number of amides is 1. The van der Waals surface area contributed by atoms with Crippen molar-refractivity contribution in [2.45, 2.75) is 5.37 Å². The molecule has 3 aromatic carbocycles. The van der Waals surface area contributed by atoms with Crippen molar-refractivity contribution >= 4 is 39.8 Å². The third-order valence-corrected chi connectivity index (χ3v) is 8.03. The van der Waals surface area contributed by atoms with Crippen molar-refractivity contribution in [2.75, 3.05) is 10.7 Å². The summed E-state index contributed by atoms with van der Waals surface area (Å²) in [6.45, 7) is 0. The number of nitro benzene ring substituents is 1. The predicted molar refractivity (Wildman–Crippen MR) is 144 cm³/mol. The molecule has 182 valence electrons. The number of carbonyl (C=O) groups is 1. The third kappa shape index (κ3) is 4.39. The average molecular weight is 527 g/mol. The number of hydrogen-bond donors (Lipinski definition) is 0. The number of anilines is 1. The molecule has 1 fully saturated rings. The van der Waals surface area contributed by atoms with E-state index in [1.165, 1.54) is 35.2 Å². The highest BCUT2D eigenvalue weighted by Crippen LogP contribution is 2.46. The molecule has 9 nitrogen and oxygen atoms in total. The minimum Gasteiger partial charge on any atom is -0.273 e. The Bertz CT molecular complexity index is 1600. The zero-order chi connectivity index (χ0) is 25.4. The molecule has 1 unspecified atom stereocenters. The van der Waals surface area contributed by atoms with Gasteiger partial charge < -0.3 is 0 Å². The van der Waals surface area contributed by atoms with Crippen LogP contribution in [0.15, 0.2) is 91.1 Å². The first-order valence-corrected chi connectivity index (χ1v) is 13.2. The lowest BCUT2D eigenvalue weighted by Crippen LogP contribution is -2.27. The Morgan fingerprint density at radius 2 is 1.65 bits per heavy atom. The molecule has 3 heterocycles. The highest BCUT2D eigenvalue weighted by atomic mass is 32.2. The van der Waals surface area contributed by atoms with Crippen molar-refractivity contribution in [3.63, 3.8) is 0 Å². The van der Waals surface area contributed by atoms with E-state index in [4.69, 9.17) is 5.10 Å². The molecule has 0 aliphatic carbocycles. The van der Waals surface area contributed by atoms with Gasteiger partial charge in [-0.3, -0.25) is 19.8 Å². The highest BCUT2D eigenvalue weighted by Gasteiger charge is 2.39. The molecule has 2 aromatic heterocycles. The van der Waals surface area contributed by atoms with Crippen molar-refractivity contribution < 1.29 is 9.72 Å². The number of para-hydroxylation sites is 1. The Labute approximate surface area is 219 Å². The van der Waals surface area contributed by atoms with Gasteiger partial charge in [0.15, 0.2) is 0 Å². The van der Waals surface area contributed by atoms with Gasteiger partial charge in [0.25, 0.3) is 5.69 Å². The minimum atomic E-state index is -0.427. The molecule has 6 rings (SSSR count). The fourth-order valence-electron chi connectivity index (χ4n) is 4.14. The molecule has 5 aromatic rings. The lowest BCUT2D eigenvalue weighted by molar-refractivity contribution is -0.384. The Morgan fingerprint density at radius 1 is 0.919 bits per heavy atom. The number of rotatable bonds is 6. The van der Waals surface area contributed by atoms with Gasteiger partial charge in [0.2, 0.25) is 11.0 Å². The first-order valence-electron chi connectivity index (χ1n) is 11.3. The van der Waals surface area contributed by atoms with Gasteiger partial charge in [-0.1, -0.05) is 72.0 Å². The van der Waals surface area contributed by atoms with Crippen LogP contribution in [0.25, 0.3) is 27.5 Å². The average Bonchev–Trinajstić information content (AvgIpc) is 3.68. The maximum absolute atomic E-state index is 13.1. The second-order valence-corrected chi connectivity index (χ2v) is 10.2. The summed E-state index contributed by atoms with van der Waals surface area (Å²) in [5.74, 6) is 0.193. The normalized spacial score (nSPS) is 15.3. The van der Waals surface area contributed by atoms with Gasteiger partial charge in [-0.15, -0.1) is 22.0 Å². The van der Waals surface area contributed by atoms with E-state index in [1.807, 2.05) is 66.9 Å². The van der Waals surface area contributed by atoms with Crippen molar-refractivity contribution in [1.82, 2.24) is 20.0 Å². The van der Waals surface area contributed by atoms with Crippen molar-refractivity contribution in [3.8, 4) is 27.5 Å². The molecule has 0 saturated carbocycles. The van der Waals surface area contributed by atoms with Gasteiger partial charge in [-0.05, 0) is 12.1 Å². The zero-order valence-corrected chi connectivity index (χ0v) is 20.8. The molecule has 1 saturated heterocycles. The van der Waals surface area contributed by atoms with Crippen LogP contribution < -0.4 is 4.90 Å². The van der Waals surface area contributed by atoms with Gasteiger partial charge >= 0.3 is 0 Å². The highest BCUT2D eigenvalue weighted by molar-refractivity contribution is 8.00. The predicted octanol–water partition coefficient (Wildman–Crippen LogP) is 5.74. The number of aromatic nitrogens is 4. The summed E-state index contributed by atoms with van der Waals surface area (Å²) in [4.78, 5) is 25.8. The molecule has 1 atom stereocenters. The Balaban J connectivity index is 1.46. The van der Waals surface area contributed by atoms with Gasteiger partial charge in [-0.2, -0.15) is 5.10 Å². The maximum Gasteiger partial charge on any atom is 0.270 e. The van der Waals surface area contributed by atoms with Crippen LogP contribution in [0.2, 0.25) is 0 Å². The largest absolute Gasteiger partial charge is 0.273 e. The first kappa shape index (κ1) is 23.1. The van der Waals surface area contributed by atoms with Crippen LogP contribution in [0.5, 0.6) is 0 Å². The summed E-state index contributed by atoms with van der Waals surface area (Å²) in [5, 5.41) is 25.7. The first-order chi connectivity index (χ1) is 18.1. The van der Waals surface area contributed by atoms with E-state index in [0.29, 0.717) is 16.4 Å². The van der Waals surface area contributed by atoms with Crippen LogP contribution in [-0.2, 0) is 4.79 Å². The molecule has 1 aliphatic heterocycles. The fraction of sp³-hybridized carbons (Fsp3) is 0.0769. The Morgan fingerprint density at radius 3 is 2.41 bits per heavy atom. The number of non-ortho nitro benzene ring substituents is 1. The van der Waals surface area contributed by atoms with Crippen molar-refractivity contribution in [2.24, 2.45) is 0 Å². The summed E-state index contributed by atoms with van der Waals surface area (Å²) >= 11 is 2.82. The summed E-state index contributed by atoms with van der Waals surface area (Å²) in [6.07, 6.45) is 1.88. The third-order valence-electron chi connectivity index (χ3n) is 5.87. The molecule has 1 aliphatic rings. The molecule has 1 amide bonds. The second kappa shape index (κ2) is 9.60. The second-order valence-electron chi connectivity index (χ2n) is 8.20. The van der Waals surface area contributed by atoms with Crippen LogP contribution in [0.1, 0.15) is 10.9 Å². The lowest BCUT2D eigenvalue weighted by atomic mass is 10.1. The molecule has 0 N–H and O–H groups in total. The quantitative estimate of drug-likeness (QED) is 0.205. The van der Waals surface area contributed by atoms with Crippen LogP contribution in [0, 0.1) is 10.1 Å². The Hall–Kier alpha value is -4.35. The number of thioether (sulfide) groups is 1. The van der Waals surface area contributed by atoms with E-state index in [-0.39, 0.29) is 17.3 Å². The molecular weight excluding hydrogens is 508 g/mol. The lowest BCUT2D eigenvalue weighted by Gasteiger charge is -2.20. The van der Waals surface area contributed by atoms with E-state index in [0.717, 1.165) is 21.8 Å². The molecule has 0 bridgehead atoms. The van der Waals surface area contributed by atoms with Crippen LogP contribution in [0.3, 0.4) is 0 Å². The molecule has 0 spiro atoms. The summed E-state index contributed by atoms with van der Waals surface area (Å²) < 4.78 is 1.74. The van der Waals surface area contributed by atoms with Crippen LogP contribution >= 0.6 is 23.1 Å². The Kier molecular flexibility index (Phi) is 5.99. The molecular formula is C26H18N6O3S2. The summed E-state index contributed by atoms with van der Waals surface area (Å²) in [6, 6.07) is 25.7. The monoisotopic (exact) mass is 526 g/mol. The van der Waals surface area contributed by atoms with Crippen molar-refractivity contribution in [1.29, 1.82) is 0 Å². The molecule has 11 heteroatoms.